The van der Waals surface area contributed by atoms with Gasteiger partial charge in [-0.05, 0) is 97.6 Å². The number of esters is 1. The van der Waals surface area contributed by atoms with Crippen molar-refractivity contribution >= 4 is 29.5 Å². The van der Waals surface area contributed by atoms with E-state index in [0.717, 1.165) is 17.8 Å². The van der Waals surface area contributed by atoms with Crippen LogP contribution in [0.25, 0.3) is 0 Å². The van der Waals surface area contributed by atoms with Gasteiger partial charge in [0, 0.05) is 11.8 Å². The maximum Gasteiger partial charge on any atom is 0.339 e. The fourth-order valence-corrected chi connectivity index (χ4v) is 6.65. The SMILES string of the molecule is COC(=O)c1cc(N=Cc2cc(C34CC5CC(CC(C5)C3)C4)ccc2O)ccc1Cl. The number of hydrogen-bond acceptors (Lipinski definition) is 4. The lowest BCUT2D eigenvalue weighted by Crippen LogP contribution is -2.48. The first-order valence-corrected chi connectivity index (χ1v) is 11.1. The van der Waals surface area contributed by atoms with Gasteiger partial charge >= 0.3 is 5.97 Å². The number of phenols is 1. The third-order valence-electron chi connectivity index (χ3n) is 7.39. The van der Waals surface area contributed by atoms with E-state index in [1.807, 2.05) is 0 Å². The molecule has 4 nitrogen and oxygen atoms in total. The summed E-state index contributed by atoms with van der Waals surface area (Å²) in [6.07, 6.45) is 9.73. The van der Waals surface area contributed by atoms with Gasteiger partial charge in [-0.3, -0.25) is 4.99 Å². The number of phenolic OH excluding ortho intramolecular Hbond substituents is 1. The van der Waals surface area contributed by atoms with Crippen molar-refractivity contribution in [1.29, 1.82) is 0 Å². The number of aliphatic imine (C=N–C) groups is 1. The Morgan fingerprint density at radius 1 is 1.10 bits per heavy atom. The van der Waals surface area contributed by atoms with Crippen molar-refractivity contribution in [2.75, 3.05) is 7.11 Å². The van der Waals surface area contributed by atoms with Crippen LogP contribution in [0.4, 0.5) is 5.69 Å². The van der Waals surface area contributed by atoms with Crippen LogP contribution in [-0.4, -0.2) is 24.4 Å². The molecule has 1 N–H and O–H groups in total. The van der Waals surface area contributed by atoms with E-state index in [0.29, 0.717) is 16.3 Å². The van der Waals surface area contributed by atoms with Crippen LogP contribution >= 0.6 is 11.6 Å². The van der Waals surface area contributed by atoms with Gasteiger partial charge in [0.15, 0.2) is 0 Å². The van der Waals surface area contributed by atoms with Gasteiger partial charge in [-0.1, -0.05) is 17.7 Å². The lowest BCUT2D eigenvalue weighted by Gasteiger charge is -2.57. The number of benzene rings is 2. The average Bonchev–Trinajstić information content (AvgIpc) is 2.72. The molecule has 4 aliphatic carbocycles. The lowest BCUT2D eigenvalue weighted by molar-refractivity contribution is -0.00520. The first-order chi connectivity index (χ1) is 14.5. The highest BCUT2D eigenvalue weighted by Gasteiger charge is 2.51. The van der Waals surface area contributed by atoms with Gasteiger partial charge in [0.05, 0.1) is 23.4 Å². The molecular formula is C25H26ClNO3. The molecule has 4 aliphatic rings. The van der Waals surface area contributed by atoms with E-state index < -0.39 is 5.97 Å². The maximum absolute atomic E-state index is 11.9. The van der Waals surface area contributed by atoms with Crippen LogP contribution in [-0.2, 0) is 10.2 Å². The van der Waals surface area contributed by atoms with E-state index in [9.17, 15) is 9.90 Å². The number of hydrogen-bond donors (Lipinski definition) is 1. The summed E-state index contributed by atoms with van der Waals surface area (Å²) in [4.78, 5) is 16.4. The summed E-state index contributed by atoms with van der Waals surface area (Å²) in [6, 6.07) is 11.0. The molecule has 2 aromatic rings. The number of carbonyl (C=O) groups excluding carboxylic acids is 1. The molecule has 0 unspecified atom stereocenters. The number of rotatable bonds is 4. The van der Waals surface area contributed by atoms with Crippen molar-refractivity contribution in [3.63, 3.8) is 0 Å². The van der Waals surface area contributed by atoms with Crippen LogP contribution in [0.3, 0.4) is 0 Å². The fraction of sp³-hybridized carbons (Fsp3) is 0.440. The molecule has 0 radical (unpaired) electrons. The number of methoxy groups -OCH3 is 1. The van der Waals surface area contributed by atoms with Crippen molar-refractivity contribution in [2.24, 2.45) is 22.7 Å². The zero-order valence-corrected chi connectivity index (χ0v) is 17.9. The Bertz CT molecular complexity index is 994. The molecule has 6 rings (SSSR count). The van der Waals surface area contributed by atoms with E-state index in [2.05, 4.69) is 17.1 Å². The minimum atomic E-state index is -0.497. The number of ether oxygens (including phenoxy) is 1. The van der Waals surface area contributed by atoms with Gasteiger partial charge in [0.1, 0.15) is 5.75 Å². The van der Waals surface area contributed by atoms with E-state index in [1.54, 1.807) is 30.5 Å². The van der Waals surface area contributed by atoms with Crippen molar-refractivity contribution < 1.29 is 14.6 Å². The summed E-state index contributed by atoms with van der Waals surface area (Å²) in [7, 11) is 1.32. The molecule has 2 aromatic carbocycles. The molecule has 4 fully saturated rings. The third kappa shape index (κ3) is 3.41. The molecule has 4 saturated carbocycles. The topological polar surface area (TPSA) is 58.9 Å². The first kappa shape index (κ1) is 19.6. The fourth-order valence-electron chi connectivity index (χ4n) is 6.46. The Morgan fingerprint density at radius 3 is 2.40 bits per heavy atom. The van der Waals surface area contributed by atoms with Crippen LogP contribution < -0.4 is 0 Å². The smallest absolute Gasteiger partial charge is 0.339 e. The summed E-state index contributed by atoms with van der Waals surface area (Å²) in [5, 5.41) is 10.8. The molecule has 0 amide bonds. The molecule has 30 heavy (non-hydrogen) atoms. The molecule has 0 heterocycles. The molecular weight excluding hydrogens is 398 g/mol. The summed E-state index contributed by atoms with van der Waals surface area (Å²) < 4.78 is 4.77. The number of carbonyl (C=O) groups is 1. The zero-order chi connectivity index (χ0) is 20.9. The highest BCUT2D eigenvalue weighted by molar-refractivity contribution is 6.33. The Morgan fingerprint density at radius 2 is 1.77 bits per heavy atom. The van der Waals surface area contributed by atoms with Crippen LogP contribution in [0.2, 0.25) is 5.02 Å². The number of aromatic hydroxyl groups is 1. The Hall–Kier alpha value is -2.33. The van der Waals surface area contributed by atoms with Gasteiger partial charge in [-0.25, -0.2) is 4.79 Å². The molecule has 0 aromatic heterocycles. The minimum Gasteiger partial charge on any atom is -0.507 e. The standard InChI is InChI=1S/C25H26ClNO3/c1-30-24(29)21-10-20(3-4-22(21)26)27-14-18-9-19(2-5-23(18)28)25-11-15-6-16(12-25)8-17(7-15)13-25/h2-5,9-10,14-17,28H,6-8,11-13H2,1H3. The largest absolute Gasteiger partial charge is 0.507 e. The summed E-state index contributed by atoms with van der Waals surface area (Å²) in [5.74, 6) is 2.33. The van der Waals surface area contributed by atoms with E-state index in [4.69, 9.17) is 16.3 Å². The molecule has 0 spiro atoms. The monoisotopic (exact) mass is 423 g/mol. The molecule has 4 bridgehead atoms. The number of halogens is 1. The van der Waals surface area contributed by atoms with Crippen molar-refractivity contribution in [3.8, 4) is 5.75 Å². The van der Waals surface area contributed by atoms with Crippen LogP contribution in [0, 0.1) is 17.8 Å². The Kier molecular flexibility index (Phi) is 4.85. The van der Waals surface area contributed by atoms with Gasteiger partial charge in [0.25, 0.3) is 0 Å². The van der Waals surface area contributed by atoms with Crippen molar-refractivity contribution in [2.45, 2.75) is 43.9 Å². The molecule has 0 aliphatic heterocycles. The lowest BCUT2D eigenvalue weighted by atomic mass is 9.48. The van der Waals surface area contributed by atoms with Gasteiger partial charge in [-0.15, -0.1) is 0 Å². The Labute approximate surface area is 181 Å². The van der Waals surface area contributed by atoms with Gasteiger partial charge in [0.2, 0.25) is 0 Å². The second kappa shape index (κ2) is 7.42. The predicted molar refractivity (Wildman–Crippen MR) is 118 cm³/mol. The maximum atomic E-state index is 11.9. The van der Waals surface area contributed by atoms with Gasteiger partial charge < -0.3 is 9.84 Å². The second-order valence-electron chi connectivity index (χ2n) is 9.39. The van der Waals surface area contributed by atoms with Crippen LogP contribution in [0.1, 0.15) is 60.0 Å². The second-order valence-corrected chi connectivity index (χ2v) is 9.79. The molecule has 156 valence electrons. The first-order valence-electron chi connectivity index (χ1n) is 10.7. The summed E-state index contributed by atoms with van der Waals surface area (Å²) in [6.45, 7) is 0. The molecule has 0 atom stereocenters. The molecule has 5 heteroatoms. The summed E-state index contributed by atoms with van der Waals surface area (Å²) >= 11 is 6.09. The highest BCUT2D eigenvalue weighted by atomic mass is 35.5. The summed E-state index contributed by atoms with van der Waals surface area (Å²) in [5.41, 5.74) is 3.17. The van der Waals surface area contributed by atoms with Crippen LogP contribution in [0.5, 0.6) is 5.75 Å². The van der Waals surface area contributed by atoms with Crippen LogP contribution in [0.15, 0.2) is 41.4 Å². The Balaban J connectivity index is 1.44. The van der Waals surface area contributed by atoms with E-state index >= 15 is 0 Å². The quantitative estimate of drug-likeness (QED) is 0.481. The van der Waals surface area contributed by atoms with E-state index in [1.165, 1.54) is 51.2 Å². The predicted octanol–water partition coefficient (Wildman–Crippen LogP) is 6.05. The van der Waals surface area contributed by atoms with E-state index in [-0.39, 0.29) is 16.7 Å². The minimum absolute atomic E-state index is 0.217. The van der Waals surface area contributed by atoms with Crippen molar-refractivity contribution in [3.05, 3.63) is 58.1 Å². The third-order valence-corrected chi connectivity index (χ3v) is 7.72. The average molecular weight is 424 g/mol. The highest BCUT2D eigenvalue weighted by Crippen LogP contribution is 2.60. The normalized spacial score (nSPS) is 29.5. The van der Waals surface area contributed by atoms with Gasteiger partial charge in [-0.2, -0.15) is 0 Å². The molecule has 0 saturated heterocycles. The zero-order valence-electron chi connectivity index (χ0n) is 17.1. The van der Waals surface area contributed by atoms with Crippen molar-refractivity contribution in [1.82, 2.24) is 0 Å². The number of nitrogens with zero attached hydrogens (tertiary/aromatic N) is 1.